The van der Waals surface area contributed by atoms with Crippen molar-refractivity contribution >= 4 is 21.7 Å². The molecule has 1 heterocycles. The molecular formula is C23H30FN3O5S. The molecular weight excluding hydrogens is 449 g/mol. The lowest BCUT2D eigenvalue weighted by atomic mass is 9.90. The fourth-order valence-electron chi connectivity index (χ4n) is 4.56. The number of rotatable bonds is 10. The average Bonchev–Trinajstić information content (AvgIpc) is 3.52. The van der Waals surface area contributed by atoms with Crippen LogP contribution in [0.5, 0.6) is 0 Å². The summed E-state index contributed by atoms with van der Waals surface area (Å²) in [5.41, 5.74) is 1.11. The fraction of sp³-hybridized carbons (Fsp3) is 0.522. The third kappa shape index (κ3) is 5.16. The van der Waals surface area contributed by atoms with Gasteiger partial charge in [-0.15, -0.1) is 0 Å². The number of carboxylic acids is 1. The van der Waals surface area contributed by atoms with Gasteiger partial charge in [0.2, 0.25) is 0 Å². The Morgan fingerprint density at radius 1 is 1.27 bits per heavy atom. The Hall–Kier alpha value is -2.59. The second-order valence-electron chi connectivity index (χ2n) is 9.11. The van der Waals surface area contributed by atoms with E-state index in [0.29, 0.717) is 37.2 Å². The SMILES string of the molecule is CN(C)CCCCNc1cc(F)ccc1S(=O)(=O)NC1=C(C(=O)O)C2=C(CC1)C1CC1CO2. The van der Waals surface area contributed by atoms with Crippen molar-refractivity contribution in [1.29, 1.82) is 0 Å². The zero-order valence-electron chi connectivity index (χ0n) is 18.9. The molecule has 0 aromatic heterocycles. The normalized spacial score (nSPS) is 21.9. The van der Waals surface area contributed by atoms with Gasteiger partial charge in [0.05, 0.1) is 12.3 Å². The molecule has 0 saturated heterocycles. The smallest absolute Gasteiger partial charge is 0.341 e. The number of allylic oxidation sites excluding steroid dienone is 2. The molecule has 0 bridgehead atoms. The molecule has 1 fully saturated rings. The number of aliphatic carboxylic acids is 1. The van der Waals surface area contributed by atoms with E-state index < -0.39 is 21.8 Å². The largest absolute Gasteiger partial charge is 0.492 e. The zero-order valence-corrected chi connectivity index (χ0v) is 19.7. The Morgan fingerprint density at radius 3 is 2.79 bits per heavy atom. The van der Waals surface area contributed by atoms with E-state index in [4.69, 9.17) is 4.74 Å². The minimum atomic E-state index is -4.16. The van der Waals surface area contributed by atoms with Crippen molar-refractivity contribution in [1.82, 2.24) is 9.62 Å². The van der Waals surface area contributed by atoms with Crippen LogP contribution in [0.1, 0.15) is 32.1 Å². The number of nitrogens with zero attached hydrogens (tertiary/aromatic N) is 1. The lowest BCUT2D eigenvalue weighted by Crippen LogP contribution is -2.30. The van der Waals surface area contributed by atoms with Crippen LogP contribution in [0.2, 0.25) is 0 Å². The molecule has 3 aliphatic rings. The number of hydrogen-bond donors (Lipinski definition) is 3. The summed E-state index contributed by atoms with van der Waals surface area (Å²) in [5.74, 6) is -0.678. The molecule has 0 spiro atoms. The van der Waals surface area contributed by atoms with Crippen molar-refractivity contribution in [3.63, 3.8) is 0 Å². The second kappa shape index (κ2) is 9.34. The van der Waals surface area contributed by atoms with E-state index in [2.05, 4.69) is 14.9 Å². The Balaban J connectivity index is 1.57. The molecule has 1 aromatic carbocycles. The van der Waals surface area contributed by atoms with Crippen molar-refractivity contribution in [2.45, 2.75) is 37.0 Å². The van der Waals surface area contributed by atoms with Crippen LogP contribution in [-0.2, 0) is 19.6 Å². The van der Waals surface area contributed by atoms with Gasteiger partial charge in [-0.2, -0.15) is 0 Å². The van der Waals surface area contributed by atoms with E-state index in [0.717, 1.165) is 43.5 Å². The van der Waals surface area contributed by atoms with Crippen LogP contribution in [0.3, 0.4) is 0 Å². The molecule has 2 aliphatic carbocycles. The quantitative estimate of drug-likeness (QED) is 0.443. The first-order chi connectivity index (χ1) is 15.7. The van der Waals surface area contributed by atoms with E-state index in [1.807, 2.05) is 14.1 Å². The van der Waals surface area contributed by atoms with Crippen LogP contribution < -0.4 is 10.0 Å². The second-order valence-corrected chi connectivity index (χ2v) is 10.8. The molecule has 1 aromatic rings. The molecule has 2 atom stereocenters. The summed E-state index contributed by atoms with van der Waals surface area (Å²) in [6.07, 6.45) is 3.51. The first kappa shape index (κ1) is 23.6. The first-order valence-corrected chi connectivity index (χ1v) is 12.7. The molecule has 4 rings (SSSR count). The minimum Gasteiger partial charge on any atom is -0.492 e. The van der Waals surface area contributed by atoms with Gasteiger partial charge in [-0.05, 0) is 82.4 Å². The van der Waals surface area contributed by atoms with Crippen LogP contribution in [0, 0.1) is 17.7 Å². The van der Waals surface area contributed by atoms with Crippen LogP contribution >= 0.6 is 0 Å². The maximum atomic E-state index is 13.9. The Morgan fingerprint density at radius 2 is 2.06 bits per heavy atom. The van der Waals surface area contributed by atoms with Gasteiger partial charge in [-0.3, -0.25) is 4.72 Å². The molecule has 1 saturated carbocycles. The van der Waals surface area contributed by atoms with Crippen LogP contribution in [0.25, 0.3) is 0 Å². The first-order valence-electron chi connectivity index (χ1n) is 11.2. The van der Waals surface area contributed by atoms with E-state index in [1.54, 1.807) is 0 Å². The number of nitrogens with one attached hydrogen (secondary N) is 2. The molecule has 3 N–H and O–H groups in total. The number of fused-ring (bicyclic) bond motifs is 2. The number of carbonyl (C=O) groups is 1. The Kier molecular flexibility index (Phi) is 6.67. The summed E-state index contributed by atoms with van der Waals surface area (Å²) >= 11 is 0. The number of carboxylic acid groups (broad SMARTS) is 1. The van der Waals surface area contributed by atoms with Crippen LogP contribution in [0.4, 0.5) is 10.1 Å². The number of sulfonamides is 1. The molecule has 0 amide bonds. The molecule has 10 heteroatoms. The summed E-state index contributed by atoms with van der Waals surface area (Å²) in [4.78, 5) is 14.0. The number of benzene rings is 1. The van der Waals surface area contributed by atoms with Crippen molar-refractivity contribution in [3.05, 3.63) is 46.6 Å². The summed E-state index contributed by atoms with van der Waals surface area (Å²) in [6.45, 7) is 1.83. The lowest BCUT2D eigenvalue weighted by molar-refractivity contribution is -0.132. The summed E-state index contributed by atoms with van der Waals surface area (Å²) < 4.78 is 48.6. The summed E-state index contributed by atoms with van der Waals surface area (Å²) in [7, 11) is -0.209. The predicted octanol–water partition coefficient (Wildman–Crippen LogP) is 2.91. The maximum absolute atomic E-state index is 13.9. The van der Waals surface area contributed by atoms with Gasteiger partial charge < -0.3 is 20.1 Å². The Bertz CT molecular complexity index is 1110. The van der Waals surface area contributed by atoms with Crippen molar-refractivity contribution in [2.24, 2.45) is 11.8 Å². The summed E-state index contributed by atoms with van der Waals surface area (Å²) in [6, 6.07) is 3.42. The van der Waals surface area contributed by atoms with Gasteiger partial charge in [0.15, 0.2) is 0 Å². The van der Waals surface area contributed by atoms with Gasteiger partial charge >= 0.3 is 5.97 Å². The highest BCUT2D eigenvalue weighted by Gasteiger charge is 2.48. The number of anilines is 1. The van der Waals surface area contributed by atoms with Gasteiger partial charge in [0.25, 0.3) is 10.0 Å². The third-order valence-electron chi connectivity index (χ3n) is 6.33. The van der Waals surface area contributed by atoms with Gasteiger partial charge in [-0.1, -0.05) is 0 Å². The van der Waals surface area contributed by atoms with E-state index >= 15 is 0 Å². The van der Waals surface area contributed by atoms with Crippen molar-refractivity contribution < 1.29 is 27.4 Å². The molecule has 0 radical (unpaired) electrons. The molecule has 180 valence electrons. The molecule has 8 nitrogen and oxygen atoms in total. The molecule has 1 aliphatic heterocycles. The predicted molar refractivity (Wildman–Crippen MR) is 121 cm³/mol. The monoisotopic (exact) mass is 479 g/mol. The number of unbranched alkanes of at least 4 members (excludes halogenated alkanes) is 1. The standard InChI is InChI=1S/C23H30FN3O5S/c1-27(2)10-4-3-9-25-19-12-15(24)5-8-20(19)33(30,31)26-18-7-6-16-17-11-14(17)13-32-22(16)21(18)23(28)29/h5,8,12,14,17,25-26H,3-4,6-7,9-11,13H2,1-2H3,(H,28,29). The van der Waals surface area contributed by atoms with E-state index in [9.17, 15) is 22.7 Å². The highest BCUT2D eigenvalue weighted by molar-refractivity contribution is 7.89. The highest BCUT2D eigenvalue weighted by atomic mass is 32.2. The fourth-order valence-corrected chi connectivity index (χ4v) is 5.87. The summed E-state index contributed by atoms with van der Waals surface area (Å²) in [5, 5.41) is 12.9. The zero-order chi connectivity index (χ0) is 23.8. The number of ether oxygens (including phenoxy) is 1. The highest BCUT2D eigenvalue weighted by Crippen LogP contribution is 2.53. The van der Waals surface area contributed by atoms with Crippen LogP contribution in [-0.4, -0.2) is 58.2 Å². The topological polar surface area (TPSA) is 108 Å². The number of halogens is 1. The Labute approximate surface area is 193 Å². The number of hydrogen-bond acceptors (Lipinski definition) is 6. The van der Waals surface area contributed by atoms with E-state index in [-0.39, 0.29) is 28.3 Å². The van der Waals surface area contributed by atoms with Gasteiger partial charge in [-0.25, -0.2) is 17.6 Å². The average molecular weight is 480 g/mol. The van der Waals surface area contributed by atoms with E-state index in [1.165, 1.54) is 6.07 Å². The lowest BCUT2D eigenvalue weighted by Gasteiger charge is -2.28. The minimum absolute atomic E-state index is 0.0987. The molecule has 33 heavy (non-hydrogen) atoms. The van der Waals surface area contributed by atoms with Gasteiger partial charge in [0.1, 0.15) is 22.0 Å². The van der Waals surface area contributed by atoms with Crippen molar-refractivity contribution in [2.75, 3.05) is 39.1 Å². The maximum Gasteiger partial charge on any atom is 0.341 e. The van der Waals surface area contributed by atoms with Crippen LogP contribution in [0.15, 0.2) is 45.7 Å². The third-order valence-corrected chi connectivity index (χ3v) is 7.78. The van der Waals surface area contributed by atoms with Crippen molar-refractivity contribution in [3.8, 4) is 0 Å². The van der Waals surface area contributed by atoms with Gasteiger partial charge in [0, 0.05) is 18.2 Å². The molecule has 2 unspecified atom stereocenters.